The van der Waals surface area contributed by atoms with Crippen LogP contribution in [0.3, 0.4) is 0 Å². The second-order valence-corrected chi connectivity index (χ2v) is 7.37. The van der Waals surface area contributed by atoms with E-state index in [2.05, 4.69) is 32.6 Å². The summed E-state index contributed by atoms with van der Waals surface area (Å²) in [6, 6.07) is 5.65. The van der Waals surface area contributed by atoms with Crippen molar-refractivity contribution in [3.63, 3.8) is 0 Å². The van der Waals surface area contributed by atoms with Gasteiger partial charge in [0, 0.05) is 37.6 Å². The van der Waals surface area contributed by atoms with Gasteiger partial charge in [0.1, 0.15) is 11.2 Å². The summed E-state index contributed by atoms with van der Waals surface area (Å²) in [6.45, 7) is 7.76. The number of likely N-dealkylation sites (tertiary alicyclic amines) is 1. The molecule has 2 aliphatic heterocycles. The summed E-state index contributed by atoms with van der Waals surface area (Å²) in [4.78, 5) is 33.1. The first-order chi connectivity index (χ1) is 11.9. The molecule has 25 heavy (non-hydrogen) atoms. The van der Waals surface area contributed by atoms with E-state index < -0.39 is 5.54 Å². The largest absolute Gasteiger partial charge is 0.325 e. The summed E-state index contributed by atoms with van der Waals surface area (Å²) < 4.78 is 2.07. The molecule has 3 amide bonds. The molecule has 1 N–H and O–H groups in total. The number of carbonyl (C=O) groups is 2. The minimum Gasteiger partial charge on any atom is -0.322 e. The predicted molar refractivity (Wildman–Crippen MR) is 93.1 cm³/mol. The first-order valence-electron chi connectivity index (χ1n) is 8.71. The number of imidazole rings is 1. The maximum Gasteiger partial charge on any atom is 0.325 e. The van der Waals surface area contributed by atoms with Crippen molar-refractivity contribution >= 4 is 17.6 Å². The van der Waals surface area contributed by atoms with Crippen LogP contribution in [0, 0.1) is 6.92 Å². The van der Waals surface area contributed by atoms with Gasteiger partial charge in [-0.1, -0.05) is 6.07 Å². The molecule has 0 saturated carbocycles. The van der Waals surface area contributed by atoms with Crippen molar-refractivity contribution in [2.75, 3.05) is 13.1 Å². The van der Waals surface area contributed by atoms with E-state index in [0.29, 0.717) is 19.5 Å². The second-order valence-electron chi connectivity index (χ2n) is 7.37. The molecule has 7 heteroatoms. The van der Waals surface area contributed by atoms with Crippen molar-refractivity contribution in [2.45, 2.75) is 45.3 Å². The Bertz CT molecular complexity index is 858. The van der Waals surface area contributed by atoms with Crippen LogP contribution in [0.25, 0.3) is 5.65 Å². The van der Waals surface area contributed by atoms with Crippen LogP contribution in [-0.4, -0.2) is 55.8 Å². The molecule has 0 aliphatic carbocycles. The van der Waals surface area contributed by atoms with Crippen LogP contribution in [0.5, 0.6) is 0 Å². The number of imide groups is 1. The number of nitrogens with one attached hydrogen (secondary N) is 1. The van der Waals surface area contributed by atoms with Gasteiger partial charge >= 0.3 is 6.03 Å². The Morgan fingerprint density at radius 1 is 1.32 bits per heavy atom. The van der Waals surface area contributed by atoms with Crippen LogP contribution in [0.15, 0.2) is 24.4 Å². The molecule has 7 nitrogen and oxygen atoms in total. The number of pyridine rings is 1. The second kappa shape index (κ2) is 5.56. The van der Waals surface area contributed by atoms with Crippen LogP contribution in [0.1, 0.15) is 31.7 Å². The Balaban J connectivity index is 1.52. The predicted octanol–water partition coefficient (Wildman–Crippen LogP) is 1.55. The number of carbonyl (C=O) groups excluding carboxylic acids is 2. The standard InChI is InChI=1S/C18H23N5O2/c1-12(2)23-16(24)18(20-17(23)25)7-8-21(11-18)9-14-10-22-13(3)5-4-6-15(22)19-14/h4-6,10,12H,7-9,11H2,1-3H3,(H,20,25)/t18-/m1/s1. The first-order valence-corrected chi connectivity index (χ1v) is 8.71. The number of urea groups is 1. The van der Waals surface area contributed by atoms with Crippen molar-refractivity contribution in [2.24, 2.45) is 0 Å². The summed E-state index contributed by atoms with van der Waals surface area (Å²) in [5.74, 6) is -0.0964. The number of hydrogen-bond acceptors (Lipinski definition) is 4. The zero-order valence-electron chi connectivity index (χ0n) is 14.8. The molecule has 2 aliphatic rings. The molecule has 0 radical (unpaired) electrons. The third kappa shape index (κ3) is 2.50. The Kier molecular flexibility index (Phi) is 3.57. The molecule has 4 heterocycles. The lowest BCUT2D eigenvalue weighted by Crippen LogP contribution is -2.49. The van der Waals surface area contributed by atoms with Crippen LogP contribution < -0.4 is 5.32 Å². The molecular formula is C18H23N5O2. The van der Waals surface area contributed by atoms with E-state index >= 15 is 0 Å². The lowest BCUT2D eigenvalue weighted by molar-refractivity contribution is -0.132. The molecule has 2 aromatic heterocycles. The number of amides is 3. The van der Waals surface area contributed by atoms with Crippen LogP contribution in [0.2, 0.25) is 0 Å². The van der Waals surface area contributed by atoms with Gasteiger partial charge in [-0.2, -0.15) is 0 Å². The molecule has 1 spiro atoms. The van der Waals surface area contributed by atoms with Gasteiger partial charge in [-0.05, 0) is 39.3 Å². The molecule has 2 saturated heterocycles. The van der Waals surface area contributed by atoms with Gasteiger partial charge in [0.05, 0.1) is 5.69 Å². The number of aryl methyl sites for hydroxylation is 1. The molecule has 0 unspecified atom stereocenters. The van der Waals surface area contributed by atoms with Crippen molar-refractivity contribution in [3.05, 3.63) is 35.8 Å². The molecular weight excluding hydrogens is 318 g/mol. The van der Waals surface area contributed by atoms with E-state index in [9.17, 15) is 9.59 Å². The Labute approximate surface area is 146 Å². The van der Waals surface area contributed by atoms with E-state index in [1.807, 2.05) is 32.2 Å². The van der Waals surface area contributed by atoms with Crippen LogP contribution in [0.4, 0.5) is 4.79 Å². The molecule has 2 aromatic rings. The van der Waals surface area contributed by atoms with E-state index in [0.717, 1.165) is 23.6 Å². The maximum absolute atomic E-state index is 12.8. The smallest absolute Gasteiger partial charge is 0.322 e. The number of aromatic nitrogens is 2. The highest BCUT2D eigenvalue weighted by atomic mass is 16.2. The Morgan fingerprint density at radius 2 is 2.12 bits per heavy atom. The van der Waals surface area contributed by atoms with E-state index in [-0.39, 0.29) is 18.0 Å². The number of rotatable bonds is 3. The highest BCUT2D eigenvalue weighted by molar-refractivity contribution is 6.07. The highest BCUT2D eigenvalue weighted by Crippen LogP contribution is 2.30. The fraction of sp³-hybridized carbons (Fsp3) is 0.500. The molecule has 1 atom stereocenters. The topological polar surface area (TPSA) is 70.0 Å². The van der Waals surface area contributed by atoms with Gasteiger partial charge in [0.2, 0.25) is 0 Å². The molecule has 0 bridgehead atoms. The average molecular weight is 341 g/mol. The summed E-state index contributed by atoms with van der Waals surface area (Å²) in [7, 11) is 0. The minimum atomic E-state index is -0.767. The highest BCUT2D eigenvalue weighted by Gasteiger charge is 2.55. The van der Waals surface area contributed by atoms with Crippen molar-refractivity contribution in [3.8, 4) is 0 Å². The zero-order valence-corrected chi connectivity index (χ0v) is 14.8. The van der Waals surface area contributed by atoms with Crippen molar-refractivity contribution < 1.29 is 9.59 Å². The first kappa shape index (κ1) is 16.1. The van der Waals surface area contributed by atoms with Crippen molar-refractivity contribution in [1.82, 2.24) is 24.5 Å². The zero-order chi connectivity index (χ0) is 17.8. The monoisotopic (exact) mass is 341 g/mol. The third-order valence-corrected chi connectivity index (χ3v) is 5.19. The molecule has 4 rings (SSSR count). The maximum atomic E-state index is 12.8. The van der Waals surface area contributed by atoms with Crippen LogP contribution >= 0.6 is 0 Å². The lowest BCUT2D eigenvalue weighted by atomic mass is 9.98. The summed E-state index contributed by atoms with van der Waals surface area (Å²) in [6.07, 6.45) is 2.69. The number of hydrogen-bond donors (Lipinski definition) is 1. The molecule has 0 aromatic carbocycles. The fourth-order valence-electron chi connectivity index (χ4n) is 3.91. The van der Waals surface area contributed by atoms with E-state index in [4.69, 9.17) is 0 Å². The van der Waals surface area contributed by atoms with Crippen LogP contribution in [-0.2, 0) is 11.3 Å². The normalized spacial score (nSPS) is 24.2. The van der Waals surface area contributed by atoms with Gasteiger partial charge in [0.15, 0.2) is 0 Å². The van der Waals surface area contributed by atoms with Crippen molar-refractivity contribution in [1.29, 1.82) is 0 Å². The summed E-state index contributed by atoms with van der Waals surface area (Å²) in [5.41, 5.74) is 2.28. The molecule has 2 fully saturated rings. The number of fused-ring (bicyclic) bond motifs is 1. The van der Waals surface area contributed by atoms with Gasteiger partial charge in [-0.3, -0.25) is 14.6 Å². The third-order valence-electron chi connectivity index (χ3n) is 5.19. The quantitative estimate of drug-likeness (QED) is 0.860. The lowest BCUT2D eigenvalue weighted by Gasteiger charge is -2.23. The minimum absolute atomic E-state index is 0.0964. The van der Waals surface area contributed by atoms with Gasteiger partial charge in [-0.25, -0.2) is 9.78 Å². The fourth-order valence-corrected chi connectivity index (χ4v) is 3.91. The summed E-state index contributed by atoms with van der Waals surface area (Å²) >= 11 is 0. The van der Waals surface area contributed by atoms with Gasteiger partial charge in [0.25, 0.3) is 5.91 Å². The number of nitrogens with zero attached hydrogens (tertiary/aromatic N) is 4. The van der Waals surface area contributed by atoms with Gasteiger partial charge < -0.3 is 9.72 Å². The van der Waals surface area contributed by atoms with Gasteiger partial charge in [-0.15, -0.1) is 0 Å². The van der Waals surface area contributed by atoms with E-state index in [1.54, 1.807) is 0 Å². The summed E-state index contributed by atoms with van der Waals surface area (Å²) in [5, 5.41) is 2.93. The average Bonchev–Trinajstić information content (AvgIpc) is 3.18. The Hall–Kier alpha value is -2.41. The van der Waals surface area contributed by atoms with E-state index in [1.165, 1.54) is 4.90 Å². The Morgan fingerprint density at radius 3 is 2.80 bits per heavy atom. The molecule has 132 valence electrons. The SMILES string of the molecule is Cc1cccc2nc(CN3CC[C@]4(C3)NC(=O)N(C(C)C)C4=O)cn12.